The zero-order chi connectivity index (χ0) is 14.4. The minimum Gasteiger partial charge on any atom is -0.497 e. The van der Waals surface area contributed by atoms with Crippen LogP contribution in [-0.4, -0.2) is 32.3 Å². The van der Waals surface area contributed by atoms with Crippen LogP contribution in [0.4, 0.5) is 0 Å². The molecule has 0 saturated heterocycles. The van der Waals surface area contributed by atoms with Crippen molar-refractivity contribution in [3.63, 3.8) is 0 Å². The van der Waals surface area contributed by atoms with Crippen molar-refractivity contribution in [2.45, 2.75) is 19.4 Å². The Labute approximate surface area is 113 Å². The third-order valence-corrected chi connectivity index (χ3v) is 3.18. The topological polar surface area (TPSA) is 67.8 Å². The lowest BCUT2D eigenvalue weighted by molar-refractivity contribution is -0.141. The van der Waals surface area contributed by atoms with Crippen molar-refractivity contribution in [2.24, 2.45) is 5.92 Å². The highest BCUT2D eigenvalue weighted by Crippen LogP contribution is 2.32. The van der Waals surface area contributed by atoms with Crippen molar-refractivity contribution in [2.75, 3.05) is 21.3 Å². The Hall–Kier alpha value is -1.75. The number of carboxylic acids is 1. The average Bonchev–Trinajstić information content (AvgIpc) is 2.43. The van der Waals surface area contributed by atoms with Gasteiger partial charge in [0.25, 0.3) is 0 Å². The molecule has 5 nitrogen and oxygen atoms in total. The summed E-state index contributed by atoms with van der Waals surface area (Å²) in [5, 5.41) is 12.1. The molecule has 0 amide bonds. The molecular formula is C14H21NO4. The second-order valence-electron chi connectivity index (χ2n) is 4.42. The van der Waals surface area contributed by atoms with Crippen LogP contribution in [0.1, 0.15) is 24.9 Å². The molecule has 0 bridgehead atoms. The molecule has 1 rings (SSSR count). The van der Waals surface area contributed by atoms with Crippen molar-refractivity contribution in [1.29, 1.82) is 0 Å². The van der Waals surface area contributed by atoms with Crippen molar-refractivity contribution < 1.29 is 19.4 Å². The summed E-state index contributed by atoms with van der Waals surface area (Å²) in [6.45, 7) is 1.70. The van der Waals surface area contributed by atoms with Gasteiger partial charge in [0.1, 0.15) is 11.5 Å². The molecule has 1 aromatic rings. The van der Waals surface area contributed by atoms with Gasteiger partial charge in [0.2, 0.25) is 0 Å². The van der Waals surface area contributed by atoms with Gasteiger partial charge in [-0.3, -0.25) is 4.79 Å². The van der Waals surface area contributed by atoms with Gasteiger partial charge in [-0.05, 0) is 19.5 Å². The van der Waals surface area contributed by atoms with Crippen LogP contribution in [0, 0.1) is 5.92 Å². The number of carbonyl (C=O) groups is 1. The van der Waals surface area contributed by atoms with Gasteiger partial charge in [-0.15, -0.1) is 0 Å². The molecule has 2 atom stereocenters. The van der Waals surface area contributed by atoms with Crippen LogP contribution in [-0.2, 0) is 4.79 Å². The summed E-state index contributed by atoms with van der Waals surface area (Å²) in [6.07, 6.45) is 0.495. The number of hydrogen-bond donors (Lipinski definition) is 2. The Morgan fingerprint density at radius 3 is 2.53 bits per heavy atom. The van der Waals surface area contributed by atoms with E-state index >= 15 is 0 Å². The number of nitrogens with one attached hydrogen (secondary N) is 1. The lowest BCUT2D eigenvalue weighted by Gasteiger charge is -2.21. The molecule has 0 aliphatic carbocycles. The van der Waals surface area contributed by atoms with Gasteiger partial charge in [0.15, 0.2) is 0 Å². The molecule has 0 aliphatic heterocycles. The van der Waals surface area contributed by atoms with E-state index in [2.05, 4.69) is 5.32 Å². The molecule has 5 heteroatoms. The number of carboxylic acid groups (broad SMARTS) is 1. The maximum atomic E-state index is 11.0. The largest absolute Gasteiger partial charge is 0.497 e. The zero-order valence-corrected chi connectivity index (χ0v) is 11.8. The summed E-state index contributed by atoms with van der Waals surface area (Å²) < 4.78 is 10.5. The molecule has 0 aromatic heterocycles. The Bertz CT molecular complexity index is 433. The molecule has 1 aromatic carbocycles. The van der Waals surface area contributed by atoms with Crippen LogP contribution in [0.5, 0.6) is 11.5 Å². The Morgan fingerprint density at radius 1 is 1.37 bits per heavy atom. The summed E-state index contributed by atoms with van der Waals surface area (Å²) in [6, 6.07) is 5.46. The lowest BCUT2D eigenvalue weighted by Crippen LogP contribution is -2.23. The summed E-state index contributed by atoms with van der Waals surface area (Å²) in [4.78, 5) is 11.0. The van der Waals surface area contributed by atoms with Gasteiger partial charge in [-0.2, -0.15) is 0 Å². The van der Waals surface area contributed by atoms with Crippen LogP contribution < -0.4 is 14.8 Å². The number of benzene rings is 1. The molecule has 0 radical (unpaired) electrons. The first-order chi connectivity index (χ1) is 9.03. The number of aliphatic carboxylic acids is 1. The molecule has 0 aliphatic rings. The molecule has 19 heavy (non-hydrogen) atoms. The molecule has 0 fully saturated rings. The predicted octanol–water partition coefficient (Wildman–Crippen LogP) is 2.08. The van der Waals surface area contributed by atoms with Crippen LogP contribution in [0.25, 0.3) is 0 Å². The van der Waals surface area contributed by atoms with E-state index in [1.165, 1.54) is 0 Å². The molecule has 2 unspecified atom stereocenters. The number of ether oxygens (including phenoxy) is 2. The Kier molecular flexibility index (Phi) is 5.63. The molecule has 2 N–H and O–H groups in total. The summed E-state index contributed by atoms with van der Waals surface area (Å²) in [7, 11) is 4.99. The van der Waals surface area contributed by atoms with Crippen molar-refractivity contribution in [1.82, 2.24) is 5.32 Å². The van der Waals surface area contributed by atoms with Crippen molar-refractivity contribution in [3.05, 3.63) is 23.8 Å². The third-order valence-electron chi connectivity index (χ3n) is 3.18. The fourth-order valence-electron chi connectivity index (χ4n) is 1.96. The quantitative estimate of drug-likeness (QED) is 0.791. The van der Waals surface area contributed by atoms with E-state index in [1.807, 2.05) is 19.2 Å². The summed E-state index contributed by atoms with van der Waals surface area (Å²) >= 11 is 0. The Morgan fingerprint density at radius 2 is 2.05 bits per heavy atom. The standard InChI is InChI=1S/C14H21NO4/c1-9(14(16)17)7-12(15-2)11-6-5-10(18-3)8-13(11)19-4/h5-6,8-9,12,15H,7H2,1-4H3,(H,16,17). The van der Waals surface area contributed by atoms with E-state index in [9.17, 15) is 4.79 Å². The molecule has 106 valence electrons. The summed E-state index contributed by atoms with van der Waals surface area (Å²) in [5.74, 6) is 0.176. The zero-order valence-electron chi connectivity index (χ0n) is 11.8. The van der Waals surface area contributed by atoms with Crippen LogP contribution in [0.2, 0.25) is 0 Å². The molecule has 0 saturated carbocycles. The highest BCUT2D eigenvalue weighted by Gasteiger charge is 2.21. The van der Waals surface area contributed by atoms with E-state index < -0.39 is 11.9 Å². The minimum atomic E-state index is -0.798. The predicted molar refractivity (Wildman–Crippen MR) is 72.8 cm³/mol. The van der Waals surface area contributed by atoms with Gasteiger partial charge in [-0.25, -0.2) is 0 Å². The van der Waals surface area contributed by atoms with Gasteiger partial charge >= 0.3 is 5.97 Å². The third kappa shape index (κ3) is 3.86. The fraction of sp³-hybridized carbons (Fsp3) is 0.500. The smallest absolute Gasteiger partial charge is 0.306 e. The number of hydrogen-bond acceptors (Lipinski definition) is 4. The molecule has 0 spiro atoms. The van der Waals surface area contributed by atoms with Gasteiger partial charge in [0, 0.05) is 17.7 Å². The number of methoxy groups -OCH3 is 2. The SMILES string of the molecule is CNC(CC(C)C(=O)O)c1ccc(OC)cc1OC. The first-order valence-corrected chi connectivity index (χ1v) is 6.15. The monoisotopic (exact) mass is 267 g/mol. The highest BCUT2D eigenvalue weighted by molar-refractivity contribution is 5.69. The highest BCUT2D eigenvalue weighted by atomic mass is 16.5. The fourth-order valence-corrected chi connectivity index (χ4v) is 1.96. The number of rotatable bonds is 7. The van der Waals surface area contributed by atoms with Crippen LogP contribution in [0.3, 0.4) is 0 Å². The van der Waals surface area contributed by atoms with Gasteiger partial charge in [-0.1, -0.05) is 13.0 Å². The average molecular weight is 267 g/mol. The molecular weight excluding hydrogens is 246 g/mol. The minimum absolute atomic E-state index is 0.0769. The van der Waals surface area contributed by atoms with E-state index in [4.69, 9.17) is 14.6 Å². The normalized spacial score (nSPS) is 13.7. The Balaban J connectivity index is 3.00. The lowest BCUT2D eigenvalue weighted by atomic mass is 9.95. The van der Waals surface area contributed by atoms with E-state index in [-0.39, 0.29) is 6.04 Å². The van der Waals surface area contributed by atoms with E-state index in [0.717, 1.165) is 5.56 Å². The maximum absolute atomic E-state index is 11.0. The van der Waals surface area contributed by atoms with E-state index in [1.54, 1.807) is 27.2 Å². The van der Waals surface area contributed by atoms with Gasteiger partial charge in [0.05, 0.1) is 20.1 Å². The van der Waals surface area contributed by atoms with Crippen LogP contribution in [0.15, 0.2) is 18.2 Å². The first-order valence-electron chi connectivity index (χ1n) is 6.15. The second-order valence-corrected chi connectivity index (χ2v) is 4.42. The van der Waals surface area contributed by atoms with Crippen molar-refractivity contribution in [3.8, 4) is 11.5 Å². The van der Waals surface area contributed by atoms with Crippen LogP contribution >= 0.6 is 0 Å². The maximum Gasteiger partial charge on any atom is 0.306 e. The van der Waals surface area contributed by atoms with E-state index in [0.29, 0.717) is 17.9 Å². The first kappa shape index (κ1) is 15.3. The second kappa shape index (κ2) is 6.99. The van der Waals surface area contributed by atoms with Gasteiger partial charge < -0.3 is 19.9 Å². The van der Waals surface area contributed by atoms with Crippen molar-refractivity contribution >= 4 is 5.97 Å². The summed E-state index contributed by atoms with van der Waals surface area (Å²) in [5.41, 5.74) is 0.930. The molecule has 0 heterocycles.